The largest absolute Gasteiger partial charge is 0.476 e. The minimum Gasteiger partial charge on any atom is -0.476 e. The first-order chi connectivity index (χ1) is 7.18. The fourth-order valence-corrected chi connectivity index (χ4v) is 1.07. The highest BCUT2D eigenvalue weighted by molar-refractivity contribution is 5.91. The predicted molar refractivity (Wildman–Crippen MR) is 46.5 cm³/mol. The molecule has 2 heterocycles. The van der Waals surface area contributed by atoms with Crippen LogP contribution in [0.2, 0.25) is 0 Å². The molecule has 0 aliphatic heterocycles. The highest BCUT2D eigenvalue weighted by Gasteiger charge is 2.17. The van der Waals surface area contributed by atoms with Gasteiger partial charge in [-0.3, -0.25) is 4.98 Å². The molecule has 0 spiro atoms. The lowest BCUT2D eigenvalue weighted by molar-refractivity contribution is 0.0691. The molecule has 0 bridgehead atoms. The standard InChI is InChI=1S/C8H5FN4O2/c9-4-1-2-5(10-3-4)6-7(8(14)15)12-13-11-6/h1-3H,(H,14,15)(H,11,12,13). The molecule has 15 heavy (non-hydrogen) atoms. The Morgan fingerprint density at radius 3 is 2.80 bits per heavy atom. The van der Waals surface area contributed by atoms with Crippen molar-refractivity contribution in [2.24, 2.45) is 0 Å². The molecule has 0 saturated carbocycles. The van der Waals surface area contributed by atoms with Gasteiger partial charge in [0.1, 0.15) is 11.5 Å². The molecule has 0 amide bonds. The van der Waals surface area contributed by atoms with Gasteiger partial charge in [-0.1, -0.05) is 0 Å². The number of H-pyrrole nitrogens is 1. The van der Waals surface area contributed by atoms with Gasteiger partial charge >= 0.3 is 5.97 Å². The normalized spacial score (nSPS) is 10.2. The van der Waals surface area contributed by atoms with E-state index >= 15 is 0 Å². The highest BCUT2D eigenvalue weighted by atomic mass is 19.1. The van der Waals surface area contributed by atoms with Crippen molar-refractivity contribution >= 4 is 5.97 Å². The molecule has 76 valence electrons. The third kappa shape index (κ3) is 1.66. The lowest BCUT2D eigenvalue weighted by Crippen LogP contribution is -2.00. The van der Waals surface area contributed by atoms with Crippen molar-refractivity contribution in [1.82, 2.24) is 20.4 Å². The lowest BCUT2D eigenvalue weighted by Gasteiger charge is -1.95. The molecule has 6 nitrogen and oxygen atoms in total. The number of nitrogens with zero attached hydrogens (tertiary/aromatic N) is 3. The number of aromatic carboxylic acids is 1. The topological polar surface area (TPSA) is 91.8 Å². The van der Waals surface area contributed by atoms with Crippen molar-refractivity contribution in [2.45, 2.75) is 0 Å². The molecule has 2 N–H and O–H groups in total. The summed E-state index contributed by atoms with van der Waals surface area (Å²) >= 11 is 0. The average molecular weight is 208 g/mol. The number of carbonyl (C=O) groups is 1. The third-order valence-corrected chi connectivity index (χ3v) is 1.72. The summed E-state index contributed by atoms with van der Waals surface area (Å²) in [6.07, 6.45) is 0.982. The van der Waals surface area contributed by atoms with Gasteiger partial charge in [0.2, 0.25) is 0 Å². The molecule has 0 aliphatic rings. The summed E-state index contributed by atoms with van der Waals surface area (Å²) in [5, 5.41) is 18.0. The van der Waals surface area contributed by atoms with Crippen LogP contribution in [0.25, 0.3) is 11.4 Å². The van der Waals surface area contributed by atoms with Crippen LogP contribution in [0.1, 0.15) is 10.5 Å². The fraction of sp³-hybridized carbons (Fsp3) is 0. The van der Waals surface area contributed by atoms with Crippen molar-refractivity contribution in [3.63, 3.8) is 0 Å². The van der Waals surface area contributed by atoms with Crippen LogP contribution in [-0.2, 0) is 0 Å². The number of nitrogens with one attached hydrogen (secondary N) is 1. The lowest BCUT2D eigenvalue weighted by atomic mass is 10.2. The van der Waals surface area contributed by atoms with Gasteiger partial charge < -0.3 is 5.11 Å². The summed E-state index contributed by atoms with van der Waals surface area (Å²) in [5.41, 5.74) is 0.0964. The van der Waals surface area contributed by atoms with E-state index in [0.29, 0.717) is 0 Å². The Labute approximate surface area is 82.8 Å². The highest BCUT2D eigenvalue weighted by Crippen LogP contribution is 2.16. The van der Waals surface area contributed by atoms with Crippen LogP contribution in [0, 0.1) is 5.82 Å². The van der Waals surface area contributed by atoms with Crippen LogP contribution in [-0.4, -0.2) is 31.5 Å². The Bertz CT molecular complexity index is 494. The van der Waals surface area contributed by atoms with E-state index in [2.05, 4.69) is 20.4 Å². The third-order valence-electron chi connectivity index (χ3n) is 1.72. The zero-order chi connectivity index (χ0) is 10.8. The van der Waals surface area contributed by atoms with Crippen molar-refractivity contribution < 1.29 is 14.3 Å². The average Bonchev–Trinajstić information content (AvgIpc) is 2.67. The number of carboxylic acids is 1. The Kier molecular flexibility index (Phi) is 2.13. The molecular formula is C8H5FN4O2. The first-order valence-corrected chi connectivity index (χ1v) is 3.94. The second-order valence-corrected chi connectivity index (χ2v) is 2.69. The zero-order valence-corrected chi connectivity index (χ0v) is 7.31. The summed E-state index contributed by atoms with van der Waals surface area (Å²) in [7, 11) is 0. The van der Waals surface area contributed by atoms with E-state index in [9.17, 15) is 9.18 Å². The fourth-order valence-electron chi connectivity index (χ4n) is 1.07. The second-order valence-electron chi connectivity index (χ2n) is 2.69. The summed E-state index contributed by atoms with van der Waals surface area (Å²) in [6.45, 7) is 0. The van der Waals surface area contributed by atoms with Gasteiger partial charge in [0.15, 0.2) is 5.69 Å². The van der Waals surface area contributed by atoms with Gasteiger partial charge in [0.25, 0.3) is 0 Å². The number of rotatable bonds is 2. The minimum atomic E-state index is -1.22. The quantitative estimate of drug-likeness (QED) is 0.757. The van der Waals surface area contributed by atoms with E-state index in [-0.39, 0.29) is 17.1 Å². The van der Waals surface area contributed by atoms with E-state index in [1.54, 1.807) is 0 Å². The molecule has 0 unspecified atom stereocenters. The molecular weight excluding hydrogens is 203 g/mol. The van der Waals surface area contributed by atoms with Crippen LogP contribution in [0.15, 0.2) is 18.3 Å². The predicted octanol–water partition coefficient (Wildman–Crippen LogP) is 0.704. The van der Waals surface area contributed by atoms with Crippen LogP contribution >= 0.6 is 0 Å². The molecule has 7 heteroatoms. The van der Waals surface area contributed by atoms with Crippen molar-refractivity contribution in [2.75, 3.05) is 0 Å². The van der Waals surface area contributed by atoms with Crippen LogP contribution in [0.4, 0.5) is 4.39 Å². The Hall–Kier alpha value is -2.31. The van der Waals surface area contributed by atoms with E-state index < -0.39 is 11.8 Å². The number of aromatic nitrogens is 4. The number of pyridine rings is 1. The molecule has 0 aliphatic carbocycles. The minimum absolute atomic E-state index is 0.0856. The van der Waals surface area contributed by atoms with Crippen LogP contribution < -0.4 is 0 Å². The van der Waals surface area contributed by atoms with Gasteiger partial charge in [-0.05, 0) is 12.1 Å². The molecule has 0 aromatic carbocycles. The van der Waals surface area contributed by atoms with E-state index in [4.69, 9.17) is 5.11 Å². The number of hydrogen-bond acceptors (Lipinski definition) is 4. The summed E-state index contributed by atoms with van der Waals surface area (Å²) in [5.74, 6) is -1.72. The van der Waals surface area contributed by atoms with Crippen molar-refractivity contribution in [3.8, 4) is 11.4 Å². The van der Waals surface area contributed by atoms with Gasteiger partial charge in [-0.25, -0.2) is 9.18 Å². The van der Waals surface area contributed by atoms with Gasteiger partial charge in [0, 0.05) is 0 Å². The van der Waals surface area contributed by atoms with E-state index in [1.165, 1.54) is 12.1 Å². The number of hydrogen-bond donors (Lipinski definition) is 2. The second kappa shape index (κ2) is 3.45. The molecule has 0 atom stereocenters. The van der Waals surface area contributed by atoms with Crippen molar-refractivity contribution in [3.05, 3.63) is 29.8 Å². The summed E-state index contributed by atoms with van der Waals surface area (Å²) in [6, 6.07) is 2.50. The molecule has 2 aromatic rings. The zero-order valence-electron chi connectivity index (χ0n) is 7.31. The van der Waals surface area contributed by atoms with Crippen molar-refractivity contribution in [1.29, 1.82) is 0 Å². The van der Waals surface area contributed by atoms with E-state index in [1.807, 2.05) is 0 Å². The van der Waals surface area contributed by atoms with E-state index in [0.717, 1.165) is 6.20 Å². The maximum atomic E-state index is 12.6. The molecule has 0 saturated heterocycles. The van der Waals surface area contributed by atoms with Gasteiger partial charge in [-0.15, -0.1) is 5.10 Å². The monoisotopic (exact) mass is 208 g/mol. The smallest absolute Gasteiger partial charge is 0.358 e. The molecule has 0 radical (unpaired) electrons. The molecule has 2 aromatic heterocycles. The maximum Gasteiger partial charge on any atom is 0.358 e. The Morgan fingerprint density at radius 1 is 1.40 bits per heavy atom. The van der Waals surface area contributed by atoms with Crippen LogP contribution in [0.3, 0.4) is 0 Å². The van der Waals surface area contributed by atoms with Gasteiger partial charge in [-0.2, -0.15) is 10.3 Å². The first kappa shape index (κ1) is 9.25. The maximum absolute atomic E-state index is 12.6. The number of halogens is 1. The van der Waals surface area contributed by atoms with Gasteiger partial charge in [0.05, 0.1) is 11.9 Å². The SMILES string of the molecule is O=C(O)c1n[nH]nc1-c1ccc(F)cn1. The molecule has 0 fully saturated rings. The van der Waals surface area contributed by atoms with Crippen LogP contribution in [0.5, 0.6) is 0 Å². The first-order valence-electron chi connectivity index (χ1n) is 3.94. The number of aromatic amines is 1. The number of carboxylic acid groups (broad SMARTS) is 1. The Morgan fingerprint density at radius 2 is 2.20 bits per heavy atom. The summed E-state index contributed by atoms with van der Waals surface area (Å²) < 4.78 is 12.6. The molecule has 2 rings (SSSR count). The Balaban J connectivity index is 2.49. The summed E-state index contributed by atoms with van der Waals surface area (Å²) in [4.78, 5) is 14.4.